The van der Waals surface area contributed by atoms with Gasteiger partial charge in [0.1, 0.15) is 0 Å². The smallest absolute Gasteiger partial charge is 0.323 e. The van der Waals surface area contributed by atoms with E-state index in [4.69, 9.17) is 9.47 Å². The van der Waals surface area contributed by atoms with Crippen molar-refractivity contribution in [2.75, 3.05) is 14.2 Å². The van der Waals surface area contributed by atoms with Crippen LogP contribution in [0.25, 0.3) is 0 Å². The molecule has 0 saturated heterocycles. The molecule has 2 rings (SSSR count). The van der Waals surface area contributed by atoms with E-state index < -0.39 is 17.4 Å². The summed E-state index contributed by atoms with van der Waals surface area (Å²) >= 11 is 0. The van der Waals surface area contributed by atoms with E-state index in [9.17, 15) is 9.59 Å². The monoisotopic (exact) mass is 424 g/mol. The van der Waals surface area contributed by atoms with Gasteiger partial charge in [-0.05, 0) is 45.9 Å². The first-order valence-electron chi connectivity index (χ1n) is 10.7. The van der Waals surface area contributed by atoms with E-state index in [-0.39, 0.29) is 23.7 Å². The van der Waals surface area contributed by atoms with Gasteiger partial charge in [0.25, 0.3) is 0 Å². The summed E-state index contributed by atoms with van der Waals surface area (Å²) in [7, 11) is 2.62. The van der Waals surface area contributed by atoms with Gasteiger partial charge in [0, 0.05) is 0 Å². The summed E-state index contributed by atoms with van der Waals surface area (Å²) in [6.45, 7) is 12.9. The number of carbonyl (C=O) groups is 2. The zero-order valence-corrected chi connectivity index (χ0v) is 20.2. The lowest BCUT2D eigenvalue weighted by molar-refractivity contribution is -0.169. The van der Waals surface area contributed by atoms with Crippen molar-refractivity contribution in [2.24, 2.45) is 5.41 Å². The van der Waals surface area contributed by atoms with Gasteiger partial charge in [-0.2, -0.15) is 0 Å². The molecule has 2 aromatic carbocycles. The zero-order chi connectivity index (χ0) is 23.4. The van der Waals surface area contributed by atoms with Crippen LogP contribution in [0.2, 0.25) is 0 Å². The van der Waals surface area contributed by atoms with Gasteiger partial charge < -0.3 is 9.47 Å². The van der Waals surface area contributed by atoms with Crippen molar-refractivity contribution in [1.29, 1.82) is 0 Å². The fraction of sp³-hybridized carbons (Fsp3) is 0.481. The number of benzene rings is 2. The first-order chi connectivity index (χ1) is 14.3. The number of methoxy groups -OCH3 is 2. The first kappa shape index (κ1) is 24.6. The van der Waals surface area contributed by atoms with Crippen LogP contribution in [0.5, 0.6) is 0 Å². The number of hydrogen-bond donors (Lipinski definition) is 0. The second kappa shape index (κ2) is 9.25. The molecule has 0 fully saturated rings. The Balaban J connectivity index is 2.46. The molecule has 0 radical (unpaired) electrons. The highest BCUT2D eigenvalue weighted by atomic mass is 16.5. The van der Waals surface area contributed by atoms with Crippen LogP contribution < -0.4 is 0 Å². The zero-order valence-electron chi connectivity index (χ0n) is 20.2. The number of carbonyl (C=O) groups excluding carboxylic acids is 2. The van der Waals surface area contributed by atoms with Gasteiger partial charge in [-0.3, -0.25) is 9.59 Å². The summed E-state index contributed by atoms with van der Waals surface area (Å²) in [5.74, 6) is -1.17. The van der Waals surface area contributed by atoms with Crippen LogP contribution in [-0.4, -0.2) is 26.2 Å². The SMILES string of the molecule is COC(=O)C(Cc1ccc(C(C)(C)C)cc1)(Cc1ccc(C(C)(C)C)cc1)C(=O)OC. The third-order valence-electron chi connectivity index (χ3n) is 5.80. The van der Waals surface area contributed by atoms with Crippen LogP contribution in [-0.2, 0) is 42.7 Å². The molecule has 2 aromatic rings. The van der Waals surface area contributed by atoms with Crippen molar-refractivity contribution in [1.82, 2.24) is 0 Å². The van der Waals surface area contributed by atoms with Gasteiger partial charge in [0.15, 0.2) is 5.41 Å². The Morgan fingerprint density at radius 2 is 0.903 bits per heavy atom. The minimum atomic E-state index is -1.45. The Hall–Kier alpha value is -2.62. The van der Waals surface area contributed by atoms with Gasteiger partial charge in [-0.25, -0.2) is 0 Å². The fourth-order valence-corrected chi connectivity index (χ4v) is 3.77. The molecule has 0 aliphatic heterocycles. The minimum Gasteiger partial charge on any atom is -0.468 e. The van der Waals surface area contributed by atoms with Crippen LogP contribution in [0.1, 0.15) is 63.8 Å². The molecule has 0 spiro atoms. The van der Waals surface area contributed by atoms with Crippen molar-refractivity contribution < 1.29 is 19.1 Å². The summed E-state index contributed by atoms with van der Waals surface area (Å²) in [4.78, 5) is 25.9. The maximum atomic E-state index is 13.0. The van der Waals surface area contributed by atoms with Crippen LogP contribution >= 0.6 is 0 Å². The molecule has 0 aliphatic rings. The van der Waals surface area contributed by atoms with Gasteiger partial charge >= 0.3 is 11.9 Å². The molecule has 0 saturated carbocycles. The van der Waals surface area contributed by atoms with Crippen LogP contribution in [0.4, 0.5) is 0 Å². The molecule has 0 N–H and O–H groups in total. The summed E-state index contributed by atoms with van der Waals surface area (Å²) in [5.41, 5.74) is 2.75. The lowest BCUT2D eigenvalue weighted by atomic mass is 9.75. The third-order valence-corrected chi connectivity index (χ3v) is 5.80. The molecule has 0 amide bonds. The third kappa shape index (κ3) is 5.75. The van der Waals surface area contributed by atoms with Gasteiger partial charge in [0.2, 0.25) is 0 Å². The number of ether oxygens (including phenoxy) is 2. The van der Waals surface area contributed by atoms with Crippen LogP contribution in [0.3, 0.4) is 0 Å². The van der Waals surface area contributed by atoms with Crippen molar-refractivity contribution in [3.63, 3.8) is 0 Å². The highest BCUT2D eigenvalue weighted by molar-refractivity contribution is 6.00. The summed E-state index contributed by atoms with van der Waals surface area (Å²) in [5, 5.41) is 0. The minimum absolute atomic E-state index is 0.0229. The average molecular weight is 425 g/mol. The quantitative estimate of drug-likeness (QED) is 0.460. The molecular formula is C27H36O4. The van der Waals surface area contributed by atoms with Gasteiger partial charge in [-0.1, -0.05) is 90.1 Å². The first-order valence-corrected chi connectivity index (χ1v) is 10.7. The Bertz CT molecular complexity index is 817. The fourth-order valence-electron chi connectivity index (χ4n) is 3.77. The molecule has 0 atom stereocenters. The highest BCUT2D eigenvalue weighted by Gasteiger charge is 2.48. The van der Waals surface area contributed by atoms with Crippen LogP contribution in [0, 0.1) is 5.41 Å². The molecule has 0 aromatic heterocycles. The van der Waals surface area contributed by atoms with Gasteiger partial charge in [0.05, 0.1) is 14.2 Å². The lowest BCUT2D eigenvalue weighted by Gasteiger charge is -2.29. The van der Waals surface area contributed by atoms with E-state index in [1.807, 2.05) is 48.5 Å². The van der Waals surface area contributed by atoms with E-state index in [2.05, 4.69) is 41.5 Å². The number of esters is 2. The summed E-state index contributed by atoms with van der Waals surface area (Å²) < 4.78 is 10.2. The Kier molecular flexibility index (Phi) is 7.36. The molecule has 31 heavy (non-hydrogen) atoms. The van der Waals surface area contributed by atoms with E-state index >= 15 is 0 Å². The van der Waals surface area contributed by atoms with E-state index in [1.54, 1.807) is 0 Å². The largest absolute Gasteiger partial charge is 0.468 e. The molecule has 0 aliphatic carbocycles. The van der Waals surface area contributed by atoms with Crippen molar-refractivity contribution in [3.05, 3.63) is 70.8 Å². The molecule has 168 valence electrons. The summed E-state index contributed by atoms with van der Waals surface area (Å²) in [6, 6.07) is 16.1. The second-order valence-corrected chi connectivity index (χ2v) is 10.3. The Morgan fingerprint density at radius 3 is 1.13 bits per heavy atom. The molecule has 0 heterocycles. The predicted molar refractivity (Wildman–Crippen MR) is 124 cm³/mol. The average Bonchev–Trinajstić information content (AvgIpc) is 2.71. The van der Waals surface area contributed by atoms with Crippen molar-refractivity contribution >= 4 is 11.9 Å². The number of rotatable bonds is 6. The van der Waals surface area contributed by atoms with Gasteiger partial charge in [-0.15, -0.1) is 0 Å². The topological polar surface area (TPSA) is 52.6 Å². The van der Waals surface area contributed by atoms with E-state index in [0.29, 0.717) is 0 Å². The standard InChI is InChI=1S/C27H36O4/c1-25(2,3)21-13-9-19(10-14-21)17-27(23(28)30-7,24(29)31-8)18-20-11-15-22(16-12-20)26(4,5)6/h9-16H,17-18H2,1-8H3. The molecular weight excluding hydrogens is 388 g/mol. The van der Waals surface area contributed by atoms with E-state index in [0.717, 1.165) is 11.1 Å². The Morgan fingerprint density at radius 1 is 0.613 bits per heavy atom. The Labute approximate surface area is 187 Å². The maximum absolute atomic E-state index is 13.0. The van der Waals surface area contributed by atoms with Crippen molar-refractivity contribution in [3.8, 4) is 0 Å². The molecule has 0 bridgehead atoms. The number of hydrogen-bond acceptors (Lipinski definition) is 4. The summed E-state index contributed by atoms with van der Waals surface area (Å²) in [6.07, 6.45) is 0.412. The lowest BCUT2D eigenvalue weighted by Crippen LogP contribution is -2.45. The van der Waals surface area contributed by atoms with Crippen LogP contribution in [0.15, 0.2) is 48.5 Å². The molecule has 0 unspecified atom stereocenters. The normalized spacial score (nSPS) is 12.4. The highest BCUT2D eigenvalue weighted by Crippen LogP contribution is 2.33. The molecule has 4 heteroatoms. The van der Waals surface area contributed by atoms with E-state index in [1.165, 1.54) is 25.3 Å². The van der Waals surface area contributed by atoms with Crippen molar-refractivity contribution in [2.45, 2.75) is 65.2 Å². The predicted octanol–water partition coefficient (Wildman–Crippen LogP) is 5.40. The second-order valence-electron chi connectivity index (χ2n) is 10.3. The maximum Gasteiger partial charge on any atom is 0.323 e. The molecule has 4 nitrogen and oxygen atoms in total.